The van der Waals surface area contributed by atoms with E-state index in [0.29, 0.717) is 4.88 Å². The molecule has 2 aromatic rings. The minimum Gasteiger partial charge on any atom is -0.321 e. The highest BCUT2D eigenvalue weighted by molar-refractivity contribution is 7.11. The number of aryl methyl sites for hydroxylation is 2. The SMILES string of the molecule is CCc1cccc(C)c1NC(=O)c1cncs1. The molecule has 0 spiro atoms. The van der Waals surface area contributed by atoms with Gasteiger partial charge < -0.3 is 5.32 Å². The van der Waals surface area contributed by atoms with Gasteiger partial charge >= 0.3 is 0 Å². The van der Waals surface area contributed by atoms with Gasteiger partial charge in [-0.05, 0) is 24.5 Å². The molecule has 0 unspecified atom stereocenters. The first kappa shape index (κ1) is 11.8. The topological polar surface area (TPSA) is 42.0 Å². The summed E-state index contributed by atoms with van der Waals surface area (Å²) in [5, 5.41) is 2.96. The Bertz CT molecular complexity index is 520. The number of carbonyl (C=O) groups is 1. The Morgan fingerprint density at radius 2 is 2.29 bits per heavy atom. The standard InChI is InChI=1S/C13H14N2OS/c1-3-10-6-4-5-9(2)12(10)15-13(16)11-7-14-8-17-11/h4-8H,3H2,1-2H3,(H,15,16). The van der Waals surface area contributed by atoms with E-state index in [0.717, 1.165) is 23.2 Å². The largest absolute Gasteiger partial charge is 0.321 e. The highest BCUT2D eigenvalue weighted by Crippen LogP contribution is 2.22. The van der Waals surface area contributed by atoms with Crippen molar-refractivity contribution in [2.75, 3.05) is 5.32 Å². The van der Waals surface area contributed by atoms with Crippen molar-refractivity contribution < 1.29 is 4.79 Å². The molecular weight excluding hydrogens is 232 g/mol. The lowest BCUT2D eigenvalue weighted by atomic mass is 10.1. The number of carbonyl (C=O) groups excluding carboxylic acids is 1. The molecule has 1 amide bonds. The van der Waals surface area contributed by atoms with Gasteiger partial charge in [0.05, 0.1) is 11.7 Å². The molecule has 0 fully saturated rings. The van der Waals surface area contributed by atoms with Crippen LogP contribution < -0.4 is 5.32 Å². The molecule has 1 N–H and O–H groups in total. The highest BCUT2D eigenvalue weighted by atomic mass is 32.1. The zero-order valence-electron chi connectivity index (χ0n) is 9.86. The number of anilines is 1. The molecule has 88 valence electrons. The summed E-state index contributed by atoms with van der Waals surface area (Å²) in [5.41, 5.74) is 4.83. The Kier molecular flexibility index (Phi) is 3.54. The van der Waals surface area contributed by atoms with Crippen LogP contribution in [-0.4, -0.2) is 10.9 Å². The number of thiazole rings is 1. The Morgan fingerprint density at radius 3 is 2.94 bits per heavy atom. The van der Waals surface area contributed by atoms with Crippen LogP contribution in [0.3, 0.4) is 0 Å². The van der Waals surface area contributed by atoms with Crippen molar-refractivity contribution in [2.24, 2.45) is 0 Å². The fourth-order valence-corrected chi connectivity index (χ4v) is 2.22. The van der Waals surface area contributed by atoms with Crippen molar-refractivity contribution in [1.29, 1.82) is 0 Å². The summed E-state index contributed by atoms with van der Waals surface area (Å²) in [6.07, 6.45) is 2.49. The molecule has 17 heavy (non-hydrogen) atoms. The molecule has 1 heterocycles. The zero-order valence-corrected chi connectivity index (χ0v) is 10.7. The summed E-state index contributed by atoms with van der Waals surface area (Å²) in [5.74, 6) is -0.0866. The van der Waals surface area contributed by atoms with Crippen molar-refractivity contribution in [2.45, 2.75) is 20.3 Å². The minimum absolute atomic E-state index is 0.0866. The fraction of sp³-hybridized carbons (Fsp3) is 0.231. The predicted octanol–water partition coefficient (Wildman–Crippen LogP) is 3.27. The Labute approximate surface area is 105 Å². The van der Waals surface area contributed by atoms with Gasteiger partial charge in [-0.15, -0.1) is 11.3 Å². The molecule has 1 aromatic carbocycles. The summed E-state index contributed by atoms with van der Waals surface area (Å²) in [6.45, 7) is 4.08. The number of nitrogens with zero attached hydrogens (tertiary/aromatic N) is 1. The number of aromatic nitrogens is 1. The lowest BCUT2D eigenvalue weighted by Gasteiger charge is -2.11. The third kappa shape index (κ3) is 2.53. The first-order valence-electron chi connectivity index (χ1n) is 5.50. The summed E-state index contributed by atoms with van der Waals surface area (Å²) < 4.78 is 0. The van der Waals surface area contributed by atoms with Gasteiger partial charge in [0.15, 0.2) is 0 Å². The monoisotopic (exact) mass is 246 g/mol. The number of nitrogens with one attached hydrogen (secondary N) is 1. The summed E-state index contributed by atoms with van der Waals surface area (Å²) in [4.78, 5) is 16.5. The average Bonchev–Trinajstić information content (AvgIpc) is 2.85. The van der Waals surface area contributed by atoms with E-state index in [2.05, 4.69) is 17.2 Å². The van der Waals surface area contributed by atoms with E-state index in [-0.39, 0.29) is 5.91 Å². The summed E-state index contributed by atoms with van der Waals surface area (Å²) in [7, 11) is 0. The molecule has 3 nitrogen and oxygen atoms in total. The molecule has 0 atom stereocenters. The van der Waals surface area contributed by atoms with Crippen LogP contribution in [0.5, 0.6) is 0 Å². The van der Waals surface area contributed by atoms with Crippen LogP contribution in [0.1, 0.15) is 27.7 Å². The molecule has 4 heteroatoms. The van der Waals surface area contributed by atoms with Crippen molar-refractivity contribution in [3.63, 3.8) is 0 Å². The second-order valence-electron chi connectivity index (χ2n) is 3.78. The Balaban J connectivity index is 2.27. The van der Waals surface area contributed by atoms with Gasteiger partial charge in [0.25, 0.3) is 5.91 Å². The van der Waals surface area contributed by atoms with Gasteiger partial charge in [-0.25, -0.2) is 0 Å². The van der Waals surface area contributed by atoms with Crippen LogP contribution in [0.15, 0.2) is 29.9 Å². The predicted molar refractivity (Wildman–Crippen MR) is 70.6 cm³/mol. The van der Waals surface area contributed by atoms with Crippen molar-refractivity contribution in [1.82, 2.24) is 4.98 Å². The first-order chi connectivity index (χ1) is 8.22. The molecule has 0 saturated carbocycles. The summed E-state index contributed by atoms with van der Waals surface area (Å²) in [6, 6.07) is 6.05. The quantitative estimate of drug-likeness (QED) is 0.903. The molecule has 2 rings (SSSR count). The van der Waals surface area contributed by atoms with Crippen molar-refractivity contribution in [3.05, 3.63) is 45.9 Å². The summed E-state index contributed by atoms with van der Waals surface area (Å²) >= 11 is 1.35. The maximum atomic E-state index is 12.0. The third-order valence-electron chi connectivity index (χ3n) is 2.63. The molecule has 0 aliphatic carbocycles. The number of benzene rings is 1. The normalized spacial score (nSPS) is 10.2. The van der Waals surface area contributed by atoms with Crippen molar-refractivity contribution >= 4 is 22.9 Å². The number of hydrogen-bond acceptors (Lipinski definition) is 3. The van der Waals surface area contributed by atoms with Gasteiger partial charge in [-0.1, -0.05) is 25.1 Å². The Hall–Kier alpha value is -1.68. The lowest BCUT2D eigenvalue weighted by Crippen LogP contribution is -2.12. The lowest BCUT2D eigenvalue weighted by molar-refractivity contribution is 0.103. The van der Waals surface area contributed by atoms with Crippen LogP contribution in [0.25, 0.3) is 0 Å². The van der Waals surface area contributed by atoms with Gasteiger partial charge in [0.2, 0.25) is 0 Å². The molecule has 0 aliphatic rings. The van der Waals surface area contributed by atoms with E-state index in [4.69, 9.17) is 0 Å². The van der Waals surface area contributed by atoms with Crippen LogP contribution in [0.4, 0.5) is 5.69 Å². The Morgan fingerprint density at radius 1 is 1.47 bits per heavy atom. The minimum atomic E-state index is -0.0866. The van der Waals surface area contributed by atoms with Crippen LogP contribution in [-0.2, 0) is 6.42 Å². The van der Waals surface area contributed by atoms with E-state index >= 15 is 0 Å². The van der Waals surface area contributed by atoms with Crippen LogP contribution >= 0.6 is 11.3 Å². The first-order valence-corrected chi connectivity index (χ1v) is 6.38. The maximum absolute atomic E-state index is 12.0. The van der Waals surface area contributed by atoms with E-state index < -0.39 is 0 Å². The third-order valence-corrected chi connectivity index (χ3v) is 3.41. The van der Waals surface area contributed by atoms with Gasteiger partial charge in [0.1, 0.15) is 4.88 Å². The second-order valence-corrected chi connectivity index (χ2v) is 4.67. The smallest absolute Gasteiger partial charge is 0.267 e. The van der Waals surface area contributed by atoms with Gasteiger partial charge in [-0.2, -0.15) is 0 Å². The van der Waals surface area contributed by atoms with Crippen LogP contribution in [0.2, 0.25) is 0 Å². The molecule has 1 aromatic heterocycles. The van der Waals surface area contributed by atoms with E-state index in [1.54, 1.807) is 11.7 Å². The number of amides is 1. The van der Waals surface area contributed by atoms with Crippen molar-refractivity contribution in [3.8, 4) is 0 Å². The molecule has 0 aliphatic heterocycles. The average molecular weight is 246 g/mol. The highest BCUT2D eigenvalue weighted by Gasteiger charge is 2.11. The number of rotatable bonds is 3. The van der Waals surface area contributed by atoms with E-state index in [1.807, 2.05) is 25.1 Å². The zero-order chi connectivity index (χ0) is 12.3. The number of hydrogen-bond donors (Lipinski definition) is 1. The van der Waals surface area contributed by atoms with Gasteiger partial charge in [-0.3, -0.25) is 9.78 Å². The fourth-order valence-electron chi connectivity index (χ4n) is 1.71. The number of para-hydroxylation sites is 1. The van der Waals surface area contributed by atoms with E-state index in [9.17, 15) is 4.79 Å². The molecule has 0 radical (unpaired) electrons. The van der Waals surface area contributed by atoms with E-state index in [1.165, 1.54) is 11.3 Å². The maximum Gasteiger partial charge on any atom is 0.267 e. The molecule has 0 saturated heterocycles. The molecule has 0 bridgehead atoms. The van der Waals surface area contributed by atoms with Gasteiger partial charge in [0, 0.05) is 5.69 Å². The second kappa shape index (κ2) is 5.10. The molecular formula is C13H14N2OS. The van der Waals surface area contributed by atoms with Crippen LogP contribution in [0, 0.1) is 6.92 Å².